The maximum Gasteiger partial charge on any atom is 0.119 e. The number of aryl methyl sites for hydroxylation is 1. The summed E-state index contributed by atoms with van der Waals surface area (Å²) >= 11 is 0. The lowest BCUT2D eigenvalue weighted by atomic mass is 9.84. The first-order valence-electron chi connectivity index (χ1n) is 5.19. The second kappa shape index (κ2) is 4.01. The van der Waals surface area contributed by atoms with E-state index in [0.717, 1.165) is 18.7 Å². The monoisotopic (exact) mass is 191 g/mol. The first kappa shape index (κ1) is 9.53. The molecule has 0 amide bonds. The molecule has 2 nitrogen and oxygen atoms in total. The fourth-order valence-corrected chi connectivity index (χ4v) is 2.14. The first-order chi connectivity index (χ1) is 6.83. The smallest absolute Gasteiger partial charge is 0.119 e. The second-order valence-corrected chi connectivity index (χ2v) is 3.98. The van der Waals surface area contributed by atoms with E-state index in [4.69, 9.17) is 10.5 Å². The quantitative estimate of drug-likeness (QED) is 0.773. The SMILES string of the molecule is COc1ccc2c(c1)C[C@H](CN)CC2. The summed E-state index contributed by atoms with van der Waals surface area (Å²) in [6, 6.07) is 6.37. The summed E-state index contributed by atoms with van der Waals surface area (Å²) < 4.78 is 5.22. The minimum Gasteiger partial charge on any atom is -0.497 e. The molecule has 1 aromatic rings. The molecule has 14 heavy (non-hydrogen) atoms. The van der Waals surface area contributed by atoms with Crippen LogP contribution in [0.5, 0.6) is 5.75 Å². The van der Waals surface area contributed by atoms with Gasteiger partial charge in [0.2, 0.25) is 0 Å². The van der Waals surface area contributed by atoms with Crippen LogP contribution >= 0.6 is 0 Å². The Bertz CT molecular complexity index is 322. The van der Waals surface area contributed by atoms with Crippen molar-refractivity contribution in [3.05, 3.63) is 29.3 Å². The molecule has 76 valence electrons. The highest BCUT2D eigenvalue weighted by Crippen LogP contribution is 2.27. The van der Waals surface area contributed by atoms with E-state index >= 15 is 0 Å². The lowest BCUT2D eigenvalue weighted by Crippen LogP contribution is -2.22. The van der Waals surface area contributed by atoms with Gasteiger partial charge in [-0.25, -0.2) is 0 Å². The standard InChI is InChI=1S/C12H17NO/c1-14-12-5-4-10-3-2-9(8-13)6-11(10)7-12/h4-5,7,9H,2-3,6,8,13H2,1H3/t9-/m1/s1. The number of hydrogen-bond donors (Lipinski definition) is 1. The molecule has 0 heterocycles. The van der Waals surface area contributed by atoms with Crippen LogP contribution in [-0.4, -0.2) is 13.7 Å². The molecule has 0 aliphatic heterocycles. The minimum atomic E-state index is 0.662. The molecule has 0 unspecified atom stereocenters. The molecule has 2 rings (SSSR count). The number of benzene rings is 1. The summed E-state index contributed by atoms with van der Waals surface area (Å²) in [5.74, 6) is 1.62. The zero-order valence-corrected chi connectivity index (χ0v) is 8.62. The normalized spacial score (nSPS) is 20.3. The van der Waals surface area contributed by atoms with E-state index in [2.05, 4.69) is 12.1 Å². The zero-order valence-electron chi connectivity index (χ0n) is 8.62. The van der Waals surface area contributed by atoms with Crippen molar-refractivity contribution >= 4 is 0 Å². The number of hydrogen-bond acceptors (Lipinski definition) is 2. The maximum absolute atomic E-state index is 5.70. The van der Waals surface area contributed by atoms with Gasteiger partial charge in [-0.15, -0.1) is 0 Å². The number of methoxy groups -OCH3 is 1. The van der Waals surface area contributed by atoms with Crippen molar-refractivity contribution in [1.82, 2.24) is 0 Å². The van der Waals surface area contributed by atoms with Gasteiger partial charge in [-0.3, -0.25) is 0 Å². The van der Waals surface area contributed by atoms with E-state index in [9.17, 15) is 0 Å². The summed E-state index contributed by atoms with van der Waals surface area (Å²) in [6.07, 6.45) is 3.51. The third-order valence-electron chi connectivity index (χ3n) is 3.08. The topological polar surface area (TPSA) is 35.2 Å². The molecule has 1 aliphatic carbocycles. The van der Waals surface area contributed by atoms with E-state index in [1.807, 2.05) is 6.07 Å². The summed E-state index contributed by atoms with van der Waals surface area (Å²) in [5, 5.41) is 0. The van der Waals surface area contributed by atoms with Gasteiger partial charge in [0.1, 0.15) is 5.75 Å². The molecule has 1 aromatic carbocycles. The van der Waals surface area contributed by atoms with E-state index < -0.39 is 0 Å². The Morgan fingerprint density at radius 2 is 2.29 bits per heavy atom. The van der Waals surface area contributed by atoms with Crippen LogP contribution in [0.2, 0.25) is 0 Å². The van der Waals surface area contributed by atoms with Crippen molar-refractivity contribution in [1.29, 1.82) is 0 Å². The minimum absolute atomic E-state index is 0.662. The van der Waals surface area contributed by atoms with Gasteiger partial charge in [0.15, 0.2) is 0 Å². The van der Waals surface area contributed by atoms with Gasteiger partial charge in [-0.1, -0.05) is 6.07 Å². The van der Waals surface area contributed by atoms with E-state index in [0.29, 0.717) is 5.92 Å². The van der Waals surface area contributed by atoms with Crippen molar-refractivity contribution in [3.63, 3.8) is 0 Å². The average Bonchev–Trinajstić information content (AvgIpc) is 2.27. The molecule has 0 radical (unpaired) electrons. The van der Waals surface area contributed by atoms with Crippen LogP contribution in [0, 0.1) is 5.92 Å². The Morgan fingerprint density at radius 1 is 1.43 bits per heavy atom. The Balaban J connectivity index is 2.25. The van der Waals surface area contributed by atoms with Crippen molar-refractivity contribution in [2.45, 2.75) is 19.3 Å². The molecule has 2 N–H and O–H groups in total. The molecule has 0 saturated carbocycles. The largest absolute Gasteiger partial charge is 0.497 e. The third-order valence-corrected chi connectivity index (χ3v) is 3.08. The maximum atomic E-state index is 5.70. The van der Waals surface area contributed by atoms with E-state index in [-0.39, 0.29) is 0 Å². The fourth-order valence-electron chi connectivity index (χ4n) is 2.14. The van der Waals surface area contributed by atoms with Crippen LogP contribution in [0.25, 0.3) is 0 Å². The van der Waals surface area contributed by atoms with Crippen molar-refractivity contribution in [2.24, 2.45) is 11.7 Å². The van der Waals surface area contributed by atoms with Gasteiger partial charge < -0.3 is 10.5 Å². The Morgan fingerprint density at radius 3 is 3.00 bits per heavy atom. The van der Waals surface area contributed by atoms with E-state index in [1.165, 1.54) is 24.0 Å². The molecule has 0 saturated heterocycles. The Labute approximate surface area is 85.1 Å². The summed E-state index contributed by atoms with van der Waals surface area (Å²) in [6.45, 7) is 0.802. The second-order valence-electron chi connectivity index (χ2n) is 3.98. The van der Waals surface area contributed by atoms with Crippen LogP contribution in [-0.2, 0) is 12.8 Å². The zero-order chi connectivity index (χ0) is 9.97. The van der Waals surface area contributed by atoms with Crippen molar-refractivity contribution in [3.8, 4) is 5.75 Å². The Hall–Kier alpha value is -1.02. The van der Waals surface area contributed by atoms with Gasteiger partial charge in [0.05, 0.1) is 7.11 Å². The van der Waals surface area contributed by atoms with Gasteiger partial charge in [-0.05, 0) is 55.0 Å². The highest BCUT2D eigenvalue weighted by atomic mass is 16.5. The molecule has 2 heteroatoms. The van der Waals surface area contributed by atoms with Gasteiger partial charge in [0, 0.05) is 0 Å². The Kier molecular flexibility index (Phi) is 2.73. The van der Waals surface area contributed by atoms with Crippen molar-refractivity contribution < 1.29 is 4.74 Å². The van der Waals surface area contributed by atoms with Gasteiger partial charge >= 0.3 is 0 Å². The van der Waals surface area contributed by atoms with Crippen LogP contribution in [0.15, 0.2) is 18.2 Å². The van der Waals surface area contributed by atoms with Crippen LogP contribution < -0.4 is 10.5 Å². The molecule has 0 fully saturated rings. The number of rotatable bonds is 2. The van der Waals surface area contributed by atoms with Crippen molar-refractivity contribution in [2.75, 3.05) is 13.7 Å². The van der Waals surface area contributed by atoms with Crippen LogP contribution in [0.3, 0.4) is 0 Å². The van der Waals surface area contributed by atoms with Gasteiger partial charge in [0.25, 0.3) is 0 Å². The molecule has 0 aromatic heterocycles. The average molecular weight is 191 g/mol. The van der Waals surface area contributed by atoms with Gasteiger partial charge in [-0.2, -0.15) is 0 Å². The molecular weight excluding hydrogens is 174 g/mol. The van der Waals surface area contributed by atoms with E-state index in [1.54, 1.807) is 7.11 Å². The third kappa shape index (κ3) is 1.75. The van der Waals surface area contributed by atoms with Crippen LogP contribution in [0.1, 0.15) is 17.5 Å². The highest BCUT2D eigenvalue weighted by molar-refractivity contribution is 5.37. The number of ether oxygens (including phenoxy) is 1. The predicted molar refractivity (Wildman–Crippen MR) is 57.6 cm³/mol. The molecular formula is C12H17NO. The molecule has 1 aliphatic rings. The number of fused-ring (bicyclic) bond motifs is 1. The lowest BCUT2D eigenvalue weighted by molar-refractivity contribution is 0.411. The predicted octanol–water partition coefficient (Wildman–Crippen LogP) is 1.76. The molecule has 0 bridgehead atoms. The lowest BCUT2D eigenvalue weighted by Gasteiger charge is -2.23. The molecule has 1 atom stereocenters. The summed E-state index contributed by atoms with van der Waals surface area (Å²) in [7, 11) is 1.71. The number of nitrogens with two attached hydrogens (primary N) is 1. The highest BCUT2D eigenvalue weighted by Gasteiger charge is 2.17. The summed E-state index contributed by atoms with van der Waals surface area (Å²) in [5.41, 5.74) is 8.59. The van der Waals surface area contributed by atoms with Crippen LogP contribution in [0.4, 0.5) is 0 Å². The molecule has 0 spiro atoms. The summed E-state index contributed by atoms with van der Waals surface area (Å²) in [4.78, 5) is 0. The first-order valence-corrected chi connectivity index (χ1v) is 5.19. The fraction of sp³-hybridized carbons (Fsp3) is 0.500.